The highest BCUT2D eigenvalue weighted by atomic mass is 16.4. The number of carboxylic acids is 1. The Kier molecular flexibility index (Phi) is 2.00. The largest absolute Gasteiger partial charge is 0.481 e. The van der Waals surface area contributed by atoms with E-state index in [1.165, 1.54) is 0 Å². The van der Waals surface area contributed by atoms with Crippen LogP contribution >= 0.6 is 0 Å². The molecule has 0 saturated carbocycles. The fourth-order valence-corrected chi connectivity index (χ4v) is 1.63. The molecule has 0 atom stereocenters. The molecule has 0 aliphatic carbocycles. The molecule has 0 fully saturated rings. The second-order valence-corrected chi connectivity index (χ2v) is 4.07. The zero-order valence-corrected chi connectivity index (χ0v) is 8.61. The quantitative estimate of drug-likeness (QED) is 0.785. The number of nitrogens with zero attached hydrogens (tertiary/aromatic N) is 1. The van der Waals surface area contributed by atoms with E-state index in [1.807, 2.05) is 18.2 Å². The summed E-state index contributed by atoms with van der Waals surface area (Å²) in [7, 11) is 0. The first-order chi connectivity index (χ1) is 7.03. The van der Waals surface area contributed by atoms with Gasteiger partial charge >= 0.3 is 5.97 Å². The number of hydrogen-bond acceptors (Lipinski definition) is 2. The van der Waals surface area contributed by atoms with Crippen LogP contribution in [0.5, 0.6) is 0 Å². The molecule has 0 unspecified atom stereocenters. The number of fused-ring (bicyclic) bond motifs is 1. The molecule has 0 amide bonds. The summed E-state index contributed by atoms with van der Waals surface area (Å²) in [5.74, 6) is -0.837. The van der Waals surface area contributed by atoms with Crippen molar-refractivity contribution in [3.05, 3.63) is 30.0 Å². The zero-order chi connectivity index (χ0) is 11.1. The van der Waals surface area contributed by atoms with Crippen molar-refractivity contribution < 1.29 is 9.90 Å². The molecule has 1 heterocycles. The van der Waals surface area contributed by atoms with Gasteiger partial charge in [-0.2, -0.15) is 5.10 Å². The van der Waals surface area contributed by atoms with E-state index in [-0.39, 0.29) is 0 Å². The van der Waals surface area contributed by atoms with Crippen LogP contribution in [0.2, 0.25) is 0 Å². The first-order valence-corrected chi connectivity index (χ1v) is 4.69. The van der Waals surface area contributed by atoms with E-state index >= 15 is 0 Å². The van der Waals surface area contributed by atoms with Crippen LogP contribution in [0.1, 0.15) is 19.4 Å². The summed E-state index contributed by atoms with van der Waals surface area (Å²) in [6.45, 7) is 3.38. The van der Waals surface area contributed by atoms with Crippen LogP contribution < -0.4 is 0 Å². The Morgan fingerprint density at radius 3 is 2.87 bits per heavy atom. The lowest BCUT2D eigenvalue weighted by Crippen LogP contribution is -2.28. The standard InChI is InChI=1S/C11H12N2O2/c1-11(2,10(14)15)8-4-3-5-9-7(8)6-12-13-9/h3-6H,1-2H3,(H,12,13)(H,14,15). The van der Waals surface area contributed by atoms with Crippen molar-refractivity contribution in [3.63, 3.8) is 0 Å². The predicted octanol–water partition coefficient (Wildman–Crippen LogP) is 1.93. The third kappa shape index (κ3) is 1.38. The molecule has 0 radical (unpaired) electrons. The van der Waals surface area contributed by atoms with Gasteiger partial charge in [0, 0.05) is 5.39 Å². The van der Waals surface area contributed by atoms with Gasteiger partial charge in [0.15, 0.2) is 0 Å². The molecule has 2 aromatic rings. The van der Waals surface area contributed by atoms with E-state index in [0.29, 0.717) is 0 Å². The summed E-state index contributed by atoms with van der Waals surface area (Å²) in [6, 6.07) is 5.54. The Hall–Kier alpha value is -1.84. The molecule has 0 spiro atoms. The van der Waals surface area contributed by atoms with Gasteiger partial charge in [-0.05, 0) is 25.5 Å². The highest BCUT2D eigenvalue weighted by molar-refractivity contribution is 5.90. The molecular formula is C11H12N2O2. The molecule has 15 heavy (non-hydrogen) atoms. The van der Waals surface area contributed by atoms with Gasteiger partial charge in [0.1, 0.15) is 0 Å². The third-order valence-corrected chi connectivity index (χ3v) is 2.69. The number of benzene rings is 1. The van der Waals surface area contributed by atoms with Gasteiger partial charge in [0.25, 0.3) is 0 Å². The summed E-state index contributed by atoms with van der Waals surface area (Å²) in [6.07, 6.45) is 1.66. The van der Waals surface area contributed by atoms with Crippen molar-refractivity contribution in [2.24, 2.45) is 0 Å². The molecule has 0 saturated heterocycles. The lowest BCUT2D eigenvalue weighted by Gasteiger charge is -2.20. The minimum Gasteiger partial charge on any atom is -0.481 e. The Morgan fingerprint density at radius 2 is 2.20 bits per heavy atom. The van der Waals surface area contributed by atoms with Crippen molar-refractivity contribution in [1.29, 1.82) is 0 Å². The van der Waals surface area contributed by atoms with Gasteiger partial charge in [0.2, 0.25) is 0 Å². The van der Waals surface area contributed by atoms with E-state index in [2.05, 4.69) is 10.2 Å². The number of nitrogens with one attached hydrogen (secondary N) is 1. The van der Waals surface area contributed by atoms with Gasteiger partial charge in [-0.3, -0.25) is 9.89 Å². The summed E-state index contributed by atoms with van der Waals surface area (Å²) in [4.78, 5) is 11.2. The molecule has 1 aromatic carbocycles. The van der Waals surface area contributed by atoms with Gasteiger partial charge in [-0.1, -0.05) is 12.1 Å². The van der Waals surface area contributed by atoms with E-state index in [1.54, 1.807) is 20.0 Å². The van der Waals surface area contributed by atoms with E-state index in [4.69, 9.17) is 5.11 Å². The van der Waals surface area contributed by atoms with Crippen LogP contribution in [0, 0.1) is 0 Å². The van der Waals surface area contributed by atoms with Gasteiger partial charge in [-0.15, -0.1) is 0 Å². The SMILES string of the molecule is CC(C)(C(=O)O)c1cccc2[nH]ncc12. The van der Waals surface area contributed by atoms with E-state index in [0.717, 1.165) is 16.5 Å². The highest BCUT2D eigenvalue weighted by Gasteiger charge is 2.31. The molecule has 0 bridgehead atoms. The predicted molar refractivity (Wildman–Crippen MR) is 56.8 cm³/mol. The number of hydrogen-bond donors (Lipinski definition) is 2. The molecule has 4 heteroatoms. The maximum atomic E-state index is 11.2. The minimum absolute atomic E-state index is 0.779. The first-order valence-electron chi connectivity index (χ1n) is 4.69. The molecule has 2 rings (SSSR count). The van der Waals surface area contributed by atoms with Crippen LogP contribution in [0.4, 0.5) is 0 Å². The Bertz CT molecular complexity index is 514. The summed E-state index contributed by atoms with van der Waals surface area (Å²) in [5, 5.41) is 16.8. The maximum Gasteiger partial charge on any atom is 0.313 e. The van der Waals surface area contributed by atoms with Crippen LogP contribution in [0.25, 0.3) is 10.9 Å². The van der Waals surface area contributed by atoms with Crippen LogP contribution in [0.3, 0.4) is 0 Å². The zero-order valence-electron chi connectivity index (χ0n) is 8.61. The van der Waals surface area contributed by atoms with Crippen LogP contribution in [-0.2, 0) is 10.2 Å². The highest BCUT2D eigenvalue weighted by Crippen LogP contribution is 2.29. The fourth-order valence-electron chi connectivity index (χ4n) is 1.63. The lowest BCUT2D eigenvalue weighted by molar-refractivity contribution is -0.142. The molecule has 0 aliphatic heterocycles. The maximum absolute atomic E-state index is 11.2. The minimum atomic E-state index is -0.899. The lowest BCUT2D eigenvalue weighted by atomic mass is 9.83. The molecular weight excluding hydrogens is 192 g/mol. The van der Waals surface area contributed by atoms with Crippen molar-refractivity contribution in [2.45, 2.75) is 19.3 Å². The molecule has 0 aliphatic rings. The number of aromatic amines is 1. The van der Waals surface area contributed by atoms with E-state index in [9.17, 15) is 4.79 Å². The van der Waals surface area contributed by atoms with Gasteiger partial charge in [-0.25, -0.2) is 0 Å². The van der Waals surface area contributed by atoms with Crippen molar-refractivity contribution >= 4 is 16.9 Å². The van der Waals surface area contributed by atoms with E-state index < -0.39 is 11.4 Å². The number of H-pyrrole nitrogens is 1. The number of aliphatic carboxylic acids is 1. The fraction of sp³-hybridized carbons (Fsp3) is 0.273. The second kappa shape index (κ2) is 3.08. The first kappa shape index (κ1) is 9.71. The Balaban J connectivity index is 2.71. The van der Waals surface area contributed by atoms with Gasteiger partial charge in [0.05, 0.1) is 17.1 Å². The molecule has 2 N–H and O–H groups in total. The number of aromatic nitrogens is 2. The summed E-state index contributed by atoms with van der Waals surface area (Å²) < 4.78 is 0. The normalized spacial score (nSPS) is 11.9. The average Bonchev–Trinajstić information content (AvgIpc) is 2.64. The van der Waals surface area contributed by atoms with Crippen molar-refractivity contribution in [3.8, 4) is 0 Å². The molecule has 1 aromatic heterocycles. The summed E-state index contributed by atoms with van der Waals surface area (Å²) >= 11 is 0. The summed E-state index contributed by atoms with van der Waals surface area (Å²) in [5.41, 5.74) is 0.742. The van der Waals surface area contributed by atoms with Crippen LogP contribution in [0.15, 0.2) is 24.4 Å². The number of carboxylic acid groups (broad SMARTS) is 1. The smallest absolute Gasteiger partial charge is 0.313 e. The van der Waals surface area contributed by atoms with Crippen LogP contribution in [-0.4, -0.2) is 21.3 Å². The molecule has 4 nitrogen and oxygen atoms in total. The second-order valence-electron chi connectivity index (χ2n) is 4.07. The topological polar surface area (TPSA) is 66.0 Å². The van der Waals surface area contributed by atoms with Gasteiger partial charge < -0.3 is 5.11 Å². The molecule has 78 valence electrons. The third-order valence-electron chi connectivity index (χ3n) is 2.69. The Labute approximate surface area is 86.9 Å². The average molecular weight is 204 g/mol. The number of rotatable bonds is 2. The van der Waals surface area contributed by atoms with Crippen molar-refractivity contribution in [2.75, 3.05) is 0 Å². The Morgan fingerprint density at radius 1 is 1.47 bits per heavy atom. The van der Waals surface area contributed by atoms with Crippen molar-refractivity contribution in [1.82, 2.24) is 10.2 Å². The monoisotopic (exact) mass is 204 g/mol. The number of carbonyl (C=O) groups is 1.